The summed E-state index contributed by atoms with van der Waals surface area (Å²) in [6, 6.07) is 6.02. The largest absolute Gasteiger partial charge is 0.573 e. The third kappa shape index (κ3) is 7.06. The van der Waals surface area contributed by atoms with Gasteiger partial charge in [-0.25, -0.2) is 0 Å². The second-order valence-electron chi connectivity index (χ2n) is 6.37. The van der Waals surface area contributed by atoms with Gasteiger partial charge < -0.3 is 4.74 Å². The molecule has 0 bridgehead atoms. The van der Waals surface area contributed by atoms with E-state index in [1.807, 2.05) is 13.8 Å². The van der Waals surface area contributed by atoms with E-state index in [9.17, 15) is 18.0 Å². The first-order chi connectivity index (χ1) is 10.6. The number of ether oxygens (including phenoxy) is 1. The van der Waals surface area contributed by atoms with E-state index in [1.54, 1.807) is 12.1 Å². The van der Waals surface area contributed by atoms with E-state index in [1.165, 1.54) is 12.1 Å². The van der Waals surface area contributed by atoms with Crippen LogP contribution in [0.4, 0.5) is 13.2 Å². The van der Waals surface area contributed by atoms with Gasteiger partial charge in [-0.3, -0.25) is 4.79 Å². The van der Waals surface area contributed by atoms with Crippen molar-refractivity contribution in [3.05, 3.63) is 29.8 Å². The number of carbonyl (C=O) groups excluding carboxylic acids is 1. The Balaban J connectivity index is 2.86. The average molecular weight is 330 g/mol. The maximum Gasteiger partial charge on any atom is 0.573 e. The third-order valence-corrected chi connectivity index (χ3v) is 4.19. The highest BCUT2D eigenvalue weighted by Gasteiger charge is 2.31. The van der Waals surface area contributed by atoms with E-state index >= 15 is 0 Å². The average Bonchev–Trinajstić information content (AvgIpc) is 2.44. The molecule has 2 atom stereocenters. The Morgan fingerprint density at radius 1 is 1.22 bits per heavy atom. The van der Waals surface area contributed by atoms with E-state index in [2.05, 4.69) is 18.6 Å². The number of benzene rings is 1. The van der Waals surface area contributed by atoms with Gasteiger partial charge in [-0.1, -0.05) is 46.2 Å². The van der Waals surface area contributed by atoms with Crippen molar-refractivity contribution >= 4 is 5.78 Å². The van der Waals surface area contributed by atoms with Crippen molar-refractivity contribution in [3.8, 4) is 5.75 Å². The predicted octanol–water partition coefficient (Wildman–Crippen LogP) is 5.41. The van der Waals surface area contributed by atoms with Gasteiger partial charge in [0.25, 0.3) is 0 Å². The molecule has 1 aromatic carbocycles. The predicted molar refractivity (Wildman–Crippen MR) is 84.2 cm³/mol. The molecule has 0 aliphatic heterocycles. The standard InChI is InChI=1S/C18H25F3O2/c1-5-13(4)15(11-17(22)12(2)3)9-14-7-6-8-16(10-14)23-18(19,20)21/h6-8,10,12-13,15H,5,9,11H2,1-4H3. The lowest BCUT2D eigenvalue weighted by molar-refractivity contribution is -0.274. The fourth-order valence-electron chi connectivity index (χ4n) is 2.47. The second kappa shape index (κ2) is 8.37. The molecule has 0 saturated heterocycles. The van der Waals surface area contributed by atoms with Gasteiger partial charge in [0.1, 0.15) is 11.5 Å². The van der Waals surface area contributed by atoms with Crippen LogP contribution in [0.1, 0.15) is 46.1 Å². The molecule has 0 fully saturated rings. The maximum absolute atomic E-state index is 12.3. The highest BCUT2D eigenvalue weighted by atomic mass is 19.4. The summed E-state index contributed by atoms with van der Waals surface area (Å²) in [5.74, 6) is 0.397. The van der Waals surface area contributed by atoms with Crippen molar-refractivity contribution in [1.29, 1.82) is 0 Å². The normalized spacial score (nSPS) is 14.6. The molecule has 0 amide bonds. The quantitative estimate of drug-likeness (QED) is 0.637. The van der Waals surface area contributed by atoms with Crippen molar-refractivity contribution in [2.75, 3.05) is 0 Å². The van der Waals surface area contributed by atoms with Crippen LogP contribution in [0.2, 0.25) is 0 Å². The van der Waals surface area contributed by atoms with Crippen molar-refractivity contribution in [3.63, 3.8) is 0 Å². The van der Waals surface area contributed by atoms with E-state index in [-0.39, 0.29) is 23.4 Å². The lowest BCUT2D eigenvalue weighted by atomic mass is 9.81. The third-order valence-electron chi connectivity index (χ3n) is 4.19. The summed E-state index contributed by atoms with van der Waals surface area (Å²) in [7, 11) is 0. The summed E-state index contributed by atoms with van der Waals surface area (Å²) in [5, 5.41) is 0. The van der Waals surface area contributed by atoms with Crippen LogP contribution in [0.15, 0.2) is 24.3 Å². The van der Waals surface area contributed by atoms with Gasteiger partial charge in [0.15, 0.2) is 0 Å². The number of ketones is 1. The van der Waals surface area contributed by atoms with Crippen LogP contribution in [0, 0.1) is 17.8 Å². The fraction of sp³-hybridized carbons (Fsp3) is 0.611. The molecular weight excluding hydrogens is 305 g/mol. The molecule has 0 aromatic heterocycles. The summed E-state index contributed by atoms with van der Waals surface area (Å²) >= 11 is 0. The van der Waals surface area contributed by atoms with Crippen LogP contribution < -0.4 is 4.74 Å². The van der Waals surface area contributed by atoms with Gasteiger partial charge in [0, 0.05) is 12.3 Å². The molecule has 5 heteroatoms. The van der Waals surface area contributed by atoms with Crippen LogP contribution in [-0.2, 0) is 11.2 Å². The van der Waals surface area contributed by atoms with Crippen LogP contribution in [0.3, 0.4) is 0 Å². The zero-order valence-electron chi connectivity index (χ0n) is 14.1. The molecule has 0 heterocycles. The number of halogens is 3. The Labute approximate surface area is 136 Å². The zero-order chi connectivity index (χ0) is 17.6. The van der Waals surface area contributed by atoms with Gasteiger partial charge in [-0.2, -0.15) is 0 Å². The van der Waals surface area contributed by atoms with Gasteiger partial charge >= 0.3 is 6.36 Å². The van der Waals surface area contributed by atoms with Crippen molar-refractivity contribution in [1.82, 2.24) is 0 Å². The number of carbonyl (C=O) groups is 1. The Kier molecular flexibility index (Phi) is 7.10. The molecule has 2 nitrogen and oxygen atoms in total. The summed E-state index contributed by atoms with van der Waals surface area (Å²) in [4.78, 5) is 12.0. The number of hydrogen-bond acceptors (Lipinski definition) is 2. The first-order valence-corrected chi connectivity index (χ1v) is 7.99. The summed E-state index contributed by atoms with van der Waals surface area (Å²) in [5.41, 5.74) is 0.758. The molecule has 0 N–H and O–H groups in total. The monoisotopic (exact) mass is 330 g/mol. The minimum atomic E-state index is -4.69. The molecule has 0 radical (unpaired) electrons. The molecule has 0 aliphatic rings. The highest BCUT2D eigenvalue weighted by Crippen LogP contribution is 2.28. The van der Waals surface area contributed by atoms with Crippen molar-refractivity contribution in [2.45, 2.75) is 53.3 Å². The minimum absolute atomic E-state index is 0.0264. The molecular formula is C18H25F3O2. The Bertz CT molecular complexity index is 509. The smallest absolute Gasteiger partial charge is 0.406 e. The van der Waals surface area contributed by atoms with Crippen LogP contribution >= 0.6 is 0 Å². The molecule has 23 heavy (non-hydrogen) atoms. The first kappa shape index (κ1) is 19.5. The van der Waals surface area contributed by atoms with Crippen molar-refractivity contribution < 1.29 is 22.7 Å². The van der Waals surface area contributed by atoms with Gasteiger partial charge in [-0.15, -0.1) is 13.2 Å². The number of rotatable bonds is 8. The first-order valence-electron chi connectivity index (χ1n) is 7.99. The fourth-order valence-corrected chi connectivity index (χ4v) is 2.47. The maximum atomic E-state index is 12.3. The Morgan fingerprint density at radius 2 is 1.87 bits per heavy atom. The zero-order valence-corrected chi connectivity index (χ0v) is 14.1. The van der Waals surface area contributed by atoms with Crippen LogP contribution in [0.5, 0.6) is 5.75 Å². The van der Waals surface area contributed by atoms with Crippen LogP contribution in [0.25, 0.3) is 0 Å². The molecule has 0 spiro atoms. The van der Waals surface area contributed by atoms with Gasteiger partial charge in [-0.05, 0) is 36.0 Å². The Hall–Kier alpha value is -1.52. The van der Waals surface area contributed by atoms with Gasteiger partial charge in [0.2, 0.25) is 0 Å². The summed E-state index contributed by atoms with van der Waals surface area (Å²) in [6.07, 6.45) is -2.74. The van der Waals surface area contributed by atoms with Crippen molar-refractivity contribution in [2.24, 2.45) is 17.8 Å². The summed E-state index contributed by atoms with van der Waals surface area (Å²) < 4.78 is 40.9. The molecule has 1 rings (SSSR count). The topological polar surface area (TPSA) is 26.3 Å². The molecule has 1 aromatic rings. The SMILES string of the molecule is CCC(C)C(CC(=O)C(C)C)Cc1cccc(OC(F)(F)F)c1. The highest BCUT2D eigenvalue weighted by molar-refractivity contribution is 5.80. The molecule has 2 unspecified atom stereocenters. The van der Waals surface area contributed by atoms with Crippen LogP contribution in [-0.4, -0.2) is 12.1 Å². The van der Waals surface area contributed by atoms with E-state index in [0.29, 0.717) is 18.8 Å². The number of hydrogen-bond donors (Lipinski definition) is 0. The Morgan fingerprint density at radius 3 is 2.39 bits per heavy atom. The molecule has 0 saturated carbocycles. The van der Waals surface area contributed by atoms with E-state index in [0.717, 1.165) is 12.0 Å². The minimum Gasteiger partial charge on any atom is -0.406 e. The summed E-state index contributed by atoms with van der Waals surface area (Å²) in [6.45, 7) is 7.87. The molecule has 0 aliphatic carbocycles. The number of alkyl halides is 3. The number of Topliss-reactive ketones (excluding diaryl/α,β-unsaturated/α-hetero) is 1. The van der Waals surface area contributed by atoms with E-state index in [4.69, 9.17) is 0 Å². The lowest BCUT2D eigenvalue weighted by Crippen LogP contribution is -2.21. The molecule has 130 valence electrons. The van der Waals surface area contributed by atoms with E-state index < -0.39 is 6.36 Å². The van der Waals surface area contributed by atoms with Gasteiger partial charge in [0.05, 0.1) is 0 Å². The second-order valence-corrected chi connectivity index (χ2v) is 6.37. The lowest BCUT2D eigenvalue weighted by Gasteiger charge is -2.23.